The third-order valence-electron chi connectivity index (χ3n) is 5.43. The van der Waals surface area contributed by atoms with E-state index < -0.39 is 29.9 Å². The first-order chi connectivity index (χ1) is 14.2. The molecule has 5 amide bonds. The Bertz CT molecular complexity index is 884. The first-order valence-corrected chi connectivity index (χ1v) is 9.77. The van der Waals surface area contributed by atoms with Gasteiger partial charge in [-0.1, -0.05) is 6.07 Å². The highest BCUT2D eigenvalue weighted by Gasteiger charge is 2.50. The van der Waals surface area contributed by atoms with Crippen molar-refractivity contribution in [3.8, 4) is 11.5 Å². The second-order valence-electron chi connectivity index (χ2n) is 7.33. The Balaban J connectivity index is 1.70. The molecule has 3 rings (SSSR count). The SMILES string of the molecule is CCN(CC)C(=O)CN(C)C(=O)CN1C(=O)N[C@@](C)(c2ccc3c(c2)OCO3)C1=O. The van der Waals surface area contributed by atoms with E-state index in [9.17, 15) is 19.2 Å². The van der Waals surface area contributed by atoms with Gasteiger partial charge >= 0.3 is 6.03 Å². The predicted octanol–water partition coefficient (Wildman–Crippen LogP) is 0.509. The van der Waals surface area contributed by atoms with Gasteiger partial charge in [-0.3, -0.25) is 19.3 Å². The summed E-state index contributed by atoms with van der Waals surface area (Å²) >= 11 is 0. The molecule has 2 aliphatic heterocycles. The molecular formula is C20H26N4O6. The number of likely N-dealkylation sites (N-methyl/N-ethyl adjacent to an activating group) is 2. The summed E-state index contributed by atoms with van der Waals surface area (Å²) < 4.78 is 10.6. The van der Waals surface area contributed by atoms with Crippen molar-refractivity contribution in [1.82, 2.24) is 20.0 Å². The van der Waals surface area contributed by atoms with E-state index in [4.69, 9.17) is 9.47 Å². The zero-order chi connectivity index (χ0) is 22.1. The fourth-order valence-corrected chi connectivity index (χ4v) is 3.47. The summed E-state index contributed by atoms with van der Waals surface area (Å²) in [6.45, 7) is 5.88. The van der Waals surface area contributed by atoms with Crippen LogP contribution in [-0.4, -0.2) is 78.5 Å². The van der Waals surface area contributed by atoms with Crippen LogP contribution in [0, 0.1) is 0 Å². The number of nitrogens with one attached hydrogen (secondary N) is 1. The van der Waals surface area contributed by atoms with Crippen LogP contribution in [0.25, 0.3) is 0 Å². The Labute approximate surface area is 174 Å². The fourth-order valence-electron chi connectivity index (χ4n) is 3.47. The Hall–Kier alpha value is -3.30. The normalized spacial score (nSPS) is 19.7. The smallest absolute Gasteiger partial charge is 0.325 e. The molecule has 1 aromatic carbocycles. The van der Waals surface area contributed by atoms with E-state index >= 15 is 0 Å². The number of rotatable bonds is 7. The summed E-state index contributed by atoms with van der Waals surface area (Å²) in [4.78, 5) is 54.0. The average Bonchev–Trinajstić information content (AvgIpc) is 3.27. The molecule has 10 heteroatoms. The lowest BCUT2D eigenvalue weighted by Crippen LogP contribution is -2.46. The molecule has 2 aliphatic rings. The first kappa shape index (κ1) is 21.4. The molecule has 1 fully saturated rings. The molecule has 30 heavy (non-hydrogen) atoms. The van der Waals surface area contributed by atoms with E-state index in [0.29, 0.717) is 30.2 Å². The topological polar surface area (TPSA) is 108 Å². The molecule has 1 atom stereocenters. The van der Waals surface area contributed by atoms with Crippen LogP contribution in [0.2, 0.25) is 0 Å². The molecular weight excluding hydrogens is 392 g/mol. The van der Waals surface area contributed by atoms with E-state index in [1.807, 2.05) is 13.8 Å². The molecule has 10 nitrogen and oxygen atoms in total. The minimum atomic E-state index is -1.34. The van der Waals surface area contributed by atoms with Crippen LogP contribution in [-0.2, 0) is 19.9 Å². The van der Waals surface area contributed by atoms with Gasteiger partial charge in [0.2, 0.25) is 18.6 Å². The maximum Gasteiger partial charge on any atom is 0.325 e. The zero-order valence-corrected chi connectivity index (χ0v) is 17.6. The van der Waals surface area contributed by atoms with Gasteiger partial charge in [0.25, 0.3) is 5.91 Å². The van der Waals surface area contributed by atoms with E-state index in [0.717, 1.165) is 4.90 Å². The molecule has 0 aliphatic carbocycles. The molecule has 1 aromatic rings. The highest BCUT2D eigenvalue weighted by molar-refractivity contribution is 6.09. The number of carbonyl (C=O) groups excluding carboxylic acids is 4. The number of hydrogen-bond donors (Lipinski definition) is 1. The summed E-state index contributed by atoms with van der Waals surface area (Å²) in [7, 11) is 1.47. The monoisotopic (exact) mass is 418 g/mol. The Morgan fingerprint density at radius 2 is 1.80 bits per heavy atom. The fraction of sp³-hybridized carbons (Fsp3) is 0.500. The summed E-state index contributed by atoms with van der Waals surface area (Å²) in [6, 6.07) is 4.31. The largest absolute Gasteiger partial charge is 0.454 e. The third kappa shape index (κ3) is 3.77. The van der Waals surface area contributed by atoms with Gasteiger partial charge in [0.1, 0.15) is 12.1 Å². The molecule has 0 bridgehead atoms. The van der Waals surface area contributed by atoms with Crippen LogP contribution in [0.3, 0.4) is 0 Å². The molecule has 1 N–H and O–H groups in total. The van der Waals surface area contributed by atoms with Gasteiger partial charge in [-0.25, -0.2) is 4.79 Å². The summed E-state index contributed by atoms with van der Waals surface area (Å²) in [6.07, 6.45) is 0. The minimum absolute atomic E-state index is 0.0922. The Morgan fingerprint density at radius 1 is 1.13 bits per heavy atom. The highest BCUT2D eigenvalue weighted by Crippen LogP contribution is 2.37. The molecule has 1 saturated heterocycles. The number of benzene rings is 1. The lowest BCUT2D eigenvalue weighted by molar-refractivity contribution is -0.141. The van der Waals surface area contributed by atoms with E-state index in [1.165, 1.54) is 11.9 Å². The van der Waals surface area contributed by atoms with E-state index in [-0.39, 0.29) is 19.2 Å². The molecule has 162 valence electrons. The van der Waals surface area contributed by atoms with Gasteiger partial charge in [-0.15, -0.1) is 0 Å². The van der Waals surface area contributed by atoms with Crippen LogP contribution >= 0.6 is 0 Å². The predicted molar refractivity (Wildman–Crippen MR) is 106 cm³/mol. The third-order valence-corrected chi connectivity index (χ3v) is 5.43. The van der Waals surface area contributed by atoms with Crippen LogP contribution in [0.5, 0.6) is 11.5 Å². The van der Waals surface area contributed by atoms with Crippen molar-refractivity contribution >= 4 is 23.8 Å². The van der Waals surface area contributed by atoms with Gasteiger partial charge in [-0.05, 0) is 38.5 Å². The van der Waals surface area contributed by atoms with Gasteiger partial charge in [0.05, 0.1) is 6.54 Å². The number of urea groups is 1. The standard InChI is InChI=1S/C20H26N4O6/c1-5-23(6-2)17(26)10-22(4)16(25)11-24-18(27)20(3,21-19(24)28)13-7-8-14-15(9-13)30-12-29-14/h7-9H,5-6,10-12H2,1-4H3,(H,21,28)/t20-/m0/s1. The number of carbonyl (C=O) groups is 4. The quantitative estimate of drug-likeness (QED) is 0.647. The highest BCUT2D eigenvalue weighted by atomic mass is 16.7. The number of imide groups is 1. The maximum absolute atomic E-state index is 13.0. The molecule has 0 radical (unpaired) electrons. The Kier molecular flexibility index (Phi) is 5.86. The molecule has 0 spiro atoms. The van der Waals surface area contributed by atoms with Crippen LogP contribution in [0.15, 0.2) is 18.2 Å². The minimum Gasteiger partial charge on any atom is -0.454 e. The number of ether oxygens (including phenoxy) is 2. The van der Waals surface area contributed by atoms with E-state index in [2.05, 4.69) is 5.32 Å². The number of amides is 5. The van der Waals surface area contributed by atoms with Gasteiger partial charge in [0, 0.05) is 20.1 Å². The summed E-state index contributed by atoms with van der Waals surface area (Å²) in [5, 5.41) is 2.65. The van der Waals surface area contributed by atoms with Crippen molar-refractivity contribution in [1.29, 1.82) is 0 Å². The van der Waals surface area contributed by atoms with Crippen LogP contribution < -0.4 is 14.8 Å². The lowest BCUT2D eigenvalue weighted by atomic mass is 9.91. The molecule has 2 heterocycles. The van der Waals surface area contributed by atoms with Crippen molar-refractivity contribution < 1.29 is 28.7 Å². The summed E-state index contributed by atoms with van der Waals surface area (Å²) in [5.74, 6) is -0.207. The van der Waals surface area contributed by atoms with E-state index in [1.54, 1.807) is 30.0 Å². The molecule has 0 saturated carbocycles. The van der Waals surface area contributed by atoms with Gasteiger partial charge < -0.3 is 24.6 Å². The van der Waals surface area contributed by atoms with Crippen molar-refractivity contribution in [2.24, 2.45) is 0 Å². The van der Waals surface area contributed by atoms with Crippen LogP contribution in [0.4, 0.5) is 4.79 Å². The number of hydrogen-bond acceptors (Lipinski definition) is 6. The first-order valence-electron chi connectivity index (χ1n) is 9.77. The average molecular weight is 418 g/mol. The van der Waals surface area contributed by atoms with Gasteiger partial charge in [-0.2, -0.15) is 0 Å². The second-order valence-corrected chi connectivity index (χ2v) is 7.33. The van der Waals surface area contributed by atoms with Crippen molar-refractivity contribution in [3.05, 3.63) is 23.8 Å². The Morgan fingerprint density at radius 3 is 2.47 bits per heavy atom. The van der Waals surface area contributed by atoms with Crippen molar-refractivity contribution in [2.45, 2.75) is 26.3 Å². The molecule has 0 aromatic heterocycles. The van der Waals surface area contributed by atoms with Gasteiger partial charge in [0.15, 0.2) is 11.5 Å². The number of fused-ring (bicyclic) bond motifs is 1. The summed E-state index contributed by atoms with van der Waals surface area (Å²) in [5.41, 5.74) is -0.821. The zero-order valence-electron chi connectivity index (χ0n) is 17.6. The number of nitrogens with zero attached hydrogens (tertiary/aromatic N) is 3. The van der Waals surface area contributed by atoms with Crippen molar-refractivity contribution in [2.75, 3.05) is 40.0 Å². The molecule has 0 unspecified atom stereocenters. The second kappa shape index (κ2) is 8.21. The van der Waals surface area contributed by atoms with Crippen LogP contribution in [0.1, 0.15) is 26.3 Å². The maximum atomic E-state index is 13.0. The lowest BCUT2D eigenvalue weighted by Gasteiger charge is -2.25. The van der Waals surface area contributed by atoms with Crippen molar-refractivity contribution in [3.63, 3.8) is 0 Å².